The van der Waals surface area contributed by atoms with Crippen LogP contribution in [-0.2, 0) is 22.6 Å². The number of hydrogen-bond donors (Lipinski definition) is 1. The minimum absolute atomic E-state index is 0.00396. The van der Waals surface area contributed by atoms with Crippen molar-refractivity contribution < 1.29 is 14.0 Å². The van der Waals surface area contributed by atoms with Gasteiger partial charge in [0.1, 0.15) is 11.9 Å². The molecule has 0 saturated heterocycles. The Kier molecular flexibility index (Phi) is 6.89. The third-order valence-electron chi connectivity index (χ3n) is 4.06. The fraction of sp³-hybridized carbons (Fsp3) is 0.333. The van der Waals surface area contributed by atoms with Gasteiger partial charge in [0.15, 0.2) is 0 Å². The van der Waals surface area contributed by atoms with Gasteiger partial charge >= 0.3 is 0 Å². The molecule has 4 nitrogen and oxygen atoms in total. The summed E-state index contributed by atoms with van der Waals surface area (Å²) >= 11 is 0. The Morgan fingerprint density at radius 1 is 0.962 bits per heavy atom. The van der Waals surface area contributed by atoms with Crippen molar-refractivity contribution >= 4 is 11.8 Å². The van der Waals surface area contributed by atoms with Crippen LogP contribution in [0.2, 0.25) is 0 Å². The Balaban J connectivity index is 2.19. The summed E-state index contributed by atoms with van der Waals surface area (Å²) in [5, 5.41) is 2.85. The maximum absolute atomic E-state index is 13.1. The van der Waals surface area contributed by atoms with E-state index < -0.39 is 6.04 Å². The molecule has 26 heavy (non-hydrogen) atoms. The van der Waals surface area contributed by atoms with Crippen molar-refractivity contribution in [3.63, 3.8) is 0 Å². The van der Waals surface area contributed by atoms with Gasteiger partial charge in [-0.2, -0.15) is 0 Å². The lowest BCUT2D eigenvalue weighted by Gasteiger charge is -2.29. The van der Waals surface area contributed by atoms with Crippen LogP contribution in [0, 0.1) is 5.82 Å². The van der Waals surface area contributed by atoms with Crippen LogP contribution in [0.3, 0.4) is 0 Å². The van der Waals surface area contributed by atoms with E-state index in [0.717, 1.165) is 5.56 Å². The molecular weight excluding hydrogens is 331 g/mol. The van der Waals surface area contributed by atoms with Gasteiger partial charge in [0.25, 0.3) is 0 Å². The van der Waals surface area contributed by atoms with Gasteiger partial charge in [-0.1, -0.05) is 42.5 Å². The van der Waals surface area contributed by atoms with Crippen molar-refractivity contribution in [1.82, 2.24) is 10.2 Å². The molecule has 138 valence electrons. The number of benzene rings is 2. The lowest BCUT2D eigenvalue weighted by molar-refractivity contribution is -0.140. The van der Waals surface area contributed by atoms with Crippen LogP contribution in [0.15, 0.2) is 54.6 Å². The fourth-order valence-corrected chi connectivity index (χ4v) is 2.65. The van der Waals surface area contributed by atoms with Gasteiger partial charge in [0.05, 0.1) is 6.42 Å². The van der Waals surface area contributed by atoms with Gasteiger partial charge in [-0.3, -0.25) is 9.59 Å². The predicted molar refractivity (Wildman–Crippen MR) is 99.8 cm³/mol. The van der Waals surface area contributed by atoms with Crippen molar-refractivity contribution in [1.29, 1.82) is 0 Å². The second-order valence-corrected chi connectivity index (χ2v) is 6.65. The normalized spacial score (nSPS) is 11.9. The molecule has 2 aromatic rings. The minimum atomic E-state index is -0.606. The zero-order chi connectivity index (χ0) is 19.1. The average molecular weight is 356 g/mol. The molecule has 2 amide bonds. The second kappa shape index (κ2) is 9.13. The molecule has 0 fully saturated rings. The lowest BCUT2D eigenvalue weighted by atomic mass is 10.1. The summed E-state index contributed by atoms with van der Waals surface area (Å²) in [4.78, 5) is 26.9. The number of halogens is 1. The molecule has 0 spiro atoms. The smallest absolute Gasteiger partial charge is 0.242 e. The van der Waals surface area contributed by atoms with E-state index in [1.54, 1.807) is 24.0 Å². The van der Waals surface area contributed by atoms with Gasteiger partial charge in [-0.15, -0.1) is 0 Å². The molecule has 0 radical (unpaired) electrons. The van der Waals surface area contributed by atoms with Crippen molar-refractivity contribution in [2.75, 3.05) is 0 Å². The van der Waals surface area contributed by atoms with Crippen LogP contribution in [0.4, 0.5) is 4.39 Å². The Hall–Kier alpha value is -2.69. The summed E-state index contributed by atoms with van der Waals surface area (Å²) in [6, 6.07) is 14.8. The van der Waals surface area contributed by atoms with E-state index in [4.69, 9.17) is 0 Å². The lowest BCUT2D eigenvalue weighted by Crippen LogP contribution is -2.49. The third kappa shape index (κ3) is 5.69. The number of nitrogens with one attached hydrogen (secondary N) is 1. The highest BCUT2D eigenvalue weighted by molar-refractivity contribution is 5.88. The summed E-state index contributed by atoms with van der Waals surface area (Å²) in [6.07, 6.45) is 0.117. The summed E-state index contributed by atoms with van der Waals surface area (Å²) in [5.41, 5.74) is 1.66. The second-order valence-electron chi connectivity index (χ2n) is 6.65. The summed E-state index contributed by atoms with van der Waals surface area (Å²) in [5.74, 6) is -0.706. The average Bonchev–Trinajstić information content (AvgIpc) is 2.61. The SMILES string of the molecule is CC(C)NC(=O)[C@@H](C)N(Cc1ccccc1)C(=O)Cc1ccc(F)cc1. The van der Waals surface area contributed by atoms with Crippen LogP contribution in [0.25, 0.3) is 0 Å². The first-order valence-corrected chi connectivity index (χ1v) is 8.75. The van der Waals surface area contributed by atoms with Crippen LogP contribution in [0.1, 0.15) is 31.9 Å². The zero-order valence-corrected chi connectivity index (χ0v) is 15.4. The van der Waals surface area contributed by atoms with Crippen LogP contribution in [0.5, 0.6) is 0 Å². The Morgan fingerprint density at radius 2 is 1.58 bits per heavy atom. The van der Waals surface area contributed by atoms with E-state index in [1.807, 2.05) is 44.2 Å². The van der Waals surface area contributed by atoms with E-state index in [-0.39, 0.29) is 30.1 Å². The number of carbonyl (C=O) groups is 2. The van der Waals surface area contributed by atoms with Crippen LogP contribution < -0.4 is 5.32 Å². The van der Waals surface area contributed by atoms with Gasteiger partial charge in [0.2, 0.25) is 11.8 Å². The van der Waals surface area contributed by atoms with Gasteiger partial charge in [-0.25, -0.2) is 4.39 Å². The van der Waals surface area contributed by atoms with Gasteiger partial charge < -0.3 is 10.2 Å². The highest BCUT2D eigenvalue weighted by Gasteiger charge is 2.26. The van der Waals surface area contributed by atoms with Crippen molar-refractivity contribution in [3.8, 4) is 0 Å². The molecule has 0 aliphatic rings. The van der Waals surface area contributed by atoms with E-state index >= 15 is 0 Å². The van der Waals surface area contributed by atoms with Crippen molar-refractivity contribution in [3.05, 3.63) is 71.5 Å². The molecule has 0 aromatic heterocycles. The number of hydrogen-bond acceptors (Lipinski definition) is 2. The molecular formula is C21H25FN2O2. The molecule has 0 unspecified atom stereocenters. The predicted octanol–water partition coefficient (Wildman–Crippen LogP) is 3.31. The molecule has 0 saturated carbocycles. The zero-order valence-electron chi connectivity index (χ0n) is 15.4. The van der Waals surface area contributed by atoms with E-state index in [9.17, 15) is 14.0 Å². The van der Waals surface area contributed by atoms with Crippen molar-refractivity contribution in [2.45, 2.75) is 45.8 Å². The van der Waals surface area contributed by atoms with Crippen molar-refractivity contribution in [2.24, 2.45) is 0 Å². The van der Waals surface area contributed by atoms with Gasteiger partial charge in [0, 0.05) is 12.6 Å². The largest absolute Gasteiger partial charge is 0.352 e. The monoisotopic (exact) mass is 356 g/mol. The molecule has 1 N–H and O–H groups in total. The Labute approximate surface area is 154 Å². The number of amides is 2. The van der Waals surface area contributed by atoms with Crippen LogP contribution >= 0.6 is 0 Å². The van der Waals surface area contributed by atoms with Crippen LogP contribution in [-0.4, -0.2) is 28.8 Å². The highest BCUT2D eigenvalue weighted by atomic mass is 19.1. The molecule has 0 aliphatic carbocycles. The summed E-state index contributed by atoms with van der Waals surface area (Å²) in [7, 11) is 0. The van der Waals surface area contributed by atoms with E-state index in [2.05, 4.69) is 5.32 Å². The minimum Gasteiger partial charge on any atom is -0.352 e. The standard InChI is InChI=1S/C21H25FN2O2/c1-15(2)23-21(26)16(3)24(14-18-7-5-4-6-8-18)20(25)13-17-9-11-19(22)12-10-17/h4-12,15-16H,13-14H2,1-3H3,(H,23,26)/t16-/m1/s1. The van der Waals surface area contributed by atoms with Gasteiger partial charge in [-0.05, 0) is 44.0 Å². The van der Waals surface area contributed by atoms with E-state index in [1.165, 1.54) is 12.1 Å². The Bertz CT molecular complexity index is 729. The number of carbonyl (C=O) groups excluding carboxylic acids is 2. The first-order valence-electron chi connectivity index (χ1n) is 8.75. The maximum atomic E-state index is 13.1. The Morgan fingerprint density at radius 3 is 2.15 bits per heavy atom. The molecule has 2 aromatic carbocycles. The van der Waals surface area contributed by atoms with E-state index in [0.29, 0.717) is 12.1 Å². The fourth-order valence-electron chi connectivity index (χ4n) is 2.65. The molecule has 5 heteroatoms. The maximum Gasteiger partial charge on any atom is 0.242 e. The number of nitrogens with zero attached hydrogens (tertiary/aromatic N) is 1. The highest BCUT2D eigenvalue weighted by Crippen LogP contribution is 2.13. The molecule has 0 aliphatic heterocycles. The molecule has 1 atom stereocenters. The first-order chi connectivity index (χ1) is 12.4. The third-order valence-corrected chi connectivity index (χ3v) is 4.06. The molecule has 2 rings (SSSR count). The summed E-state index contributed by atoms with van der Waals surface area (Å²) < 4.78 is 13.1. The topological polar surface area (TPSA) is 49.4 Å². The quantitative estimate of drug-likeness (QED) is 0.827. The first kappa shape index (κ1) is 19.6. The summed E-state index contributed by atoms with van der Waals surface area (Å²) in [6.45, 7) is 5.83. The number of rotatable bonds is 7. The molecule has 0 heterocycles. The molecule has 0 bridgehead atoms.